The zero-order valence-corrected chi connectivity index (χ0v) is 18.6. The molecule has 6 rings (SSSR count). The van der Waals surface area contributed by atoms with Crippen LogP contribution in [-0.2, 0) is 13.6 Å². The molecule has 2 aliphatic rings. The van der Waals surface area contributed by atoms with Gasteiger partial charge in [-0.05, 0) is 35.6 Å². The maximum atomic E-state index is 13.1. The molecular weight excluding hydrogens is 430 g/mol. The van der Waals surface area contributed by atoms with Gasteiger partial charge in [0.05, 0.1) is 17.3 Å². The van der Waals surface area contributed by atoms with E-state index in [1.807, 2.05) is 31.3 Å². The third-order valence-electron chi connectivity index (χ3n) is 6.84. The normalized spacial score (nSPS) is 20.9. The van der Waals surface area contributed by atoms with Gasteiger partial charge >= 0.3 is 0 Å². The number of anilines is 1. The number of fused-ring (bicyclic) bond motifs is 2. The number of amides is 1. The number of aromatic nitrogens is 5. The lowest BCUT2D eigenvalue weighted by molar-refractivity contribution is 0.0946. The highest BCUT2D eigenvalue weighted by Crippen LogP contribution is 2.45. The largest absolute Gasteiger partial charge is 0.356 e. The molecule has 1 saturated carbocycles. The molecule has 1 aliphatic heterocycles. The van der Waals surface area contributed by atoms with Crippen LogP contribution in [0.4, 0.5) is 5.82 Å². The predicted octanol–water partition coefficient (Wildman–Crippen LogP) is 1.32. The highest BCUT2D eigenvalue weighted by Gasteiger charge is 2.54. The van der Waals surface area contributed by atoms with Gasteiger partial charge in [-0.2, -0.15) is 20.0 Å². The van der Waals surface area contributed by atoms with Gasteiger partial charge in [0, 0.05) is 51.1 Å². The number of nitrogens with one attached hydrogen (secondary N) is 1. The molecule has 0 spiro atoms. The molecule has 4 aromatic rings. The standard InChI is InChI=1S/C24H23N9O/c1-31-20(6-7-28-31)18-8-21-29-19(24(34)27-11-15-4-2-14(10-25)3-5-15)9-22(33(21)30-18)32-12-16-17(13-32)23(16)26/h2-9,16-17,23H,11-13,26H2,1H3,(H,27,34)/t16-,17+,23+. The topological polar surface area (TPSA) is 130 Å². The molecule has 0 radical (unpaired) electrons. The fourth-order valence-corrected chi connectivity index (χ4v) is 4.78. The molecule has 3 aromatic heterocycles. The van der Waals surface area contributed by atoms with Gasteiger partial charge in [0.1, 0.15) is 17.2 Å². The maximum absolute atomic E-state index is 13.1. The van der Waals surface area contributed by atoms with Crippen LogP contribution < -0.4 is 16.0 Å². The summed E-state index contributed by atoms with van der Waals surface area (Å²) in [6.07, 6.45) is 1.73. The number of nitrogens with two attached hydrogens (primary N) is 1. The molecule has 170 valence electrons. The van der Waals surface area contributed by atoms with E-state index in [9.17, 15) is 4.79 Å². The number of nitrogens with zero attached hydrogens (tertiary/aromatic N) is 7. The zero-order chi connectivity index (χ0) is 23.4. The SMILES string of the molecule is Cn1nccc1-c1cc2nc(C(=O)NCc3ccc(C#N)cc3)cc(N3C[C@@H]4[C@@H](N)[C@@H]4C3)n2n1. The van der Waals surface area contributed by atoms with E-state index in [1.165, 1.54) is 0 Å². The van der Waals surface area contributed by atoms with Crippen LogP contribution in [0.3, 0.4) is 0 Å². The number of hydrogen-bond acceptors (Lipinski definition) is 7. The predicted molar refractivity (Wildman–Crippen MR) is 125 cm³/mol. The Kier molecular flexibility index (Phi) is 4.60. The highest BCUT2D eigenvalue weighted by atomic mass is 16.1. The van der Waals surface area contributed by atoms with Crippen LogP contribution in [0.2, 0.25) is 0 Å². The van der Waals surface area contributed by atoms with Crippen molar-refractivity contribution in [2.75, 3.05) is 18.0 Å². The second kappa shape index (κ2) is 7.67. The molecule has 4 heterocycles. The van der Waals surface area contributed by atoms with Crippen molar-refractivity contribution < 1.29 is 4.79 Å². The minimum atomic E-state index is -0.266. The minimum absolute atomic E-state index is 0.266. The average molecular weight is 454 g/mol. The van der Waals surface area contributed by atoms with E-state index in [2.05, 4.69) is 26.4 Å². The lowest BCUT2D eigenvalue weighted by Gasteiger charge is -2.22. The number of hydrogen-bond donors (Lipinski definition) is 2. The Hall–Kier alpha value is -4.23. The molecule has 2 fully saturated rings. The summed E-state index contributed by atoms with van der Waals surface area (Å²) in [7, 11) is 1.87. The van der Waals surface area contributed by atoms with Crippen molar-refractivity contribution in [2.45, 2.75) is 12.6 Å². The molecule has 1 saturated heterocycles. The molecule has 0 unspecified atom stereocenters. The second-order valence-corrected chi connectivity index (χ2v) is 8.94. The Balaban J connectivity index is 1.33. The monoisotopic (exact) mass is 453 g/mol. The van der Waals surface area contributed by atoms with Crippen molar-refractivity contribution in [2.24, 2.45) is 24.6 Å². The van der Waals surface area contributed by atoms with E-state index in [0.29, 0.717) is 35.3 Å². The van der Waals surface area contributed by atoms with Crippen LogP contribution in [-0.4, -0.2) is 49.4 Å². The molecule has 3 N–H and O–H groups in total. The first-order valence-corrected chi connectivity index (χ1v) is 11.2. The molecule has 1 aromatic carbocycles. The van der Waals surface area contributed by atoms with Crippen molar-refractivity contribution in [3.63, 3.8) is 0 Å². The number of carbonyl (C=O) groups is 1. The van der Waals surface area contributed by atoms with Gasteiger partial charge in [-0.25, -0.2) is 4.98 Å². The van der Waals surface area contributed by atoms with E-state index >= 15 is 0 Å². The van der Waals surface area contributed by atoms with Gasteiger partial charge in [-0.15, -0.1) is 0 Å². The summed E-state index contributed by atoms with van der Waals surface area (Å²) < 4.78 is 3.56. The molecule has 10 heteroatoms. The van der Waals surface area contributed by atoms with Crippen LogP contribution >= 0.6 is 0 Å². The fraction of sp³-hybridized carbons (Fsp3) is 0.292. The van der Waals surface area contributed by atoms with Crippen molar-refractivity contribution in [1.29, 1.82) is 5.26 Å². The zero-order valence-electron chi connectivity index (χ0n) is 18.6. The van der Waals surface area contributed by atoms with Gasteiger partial charge in [0.2, 0.25) is 0 Å². The van der Waals surface area contributed by atoms with E-state index in [-0.39, 0.29) is 11.9 Å². The van der Waals surface area contributed by atoms with Crippen LogP contribution in [0.15, 0.2) is 48.7 Å². The van der Waals surface area contributed by atoms with Crippen LogP contribution in [0.1, 0.15) is 21.6 Å². The number of aryl methyl sites for hydroxylation is 1. The van der Waals surface area contributed by atoms with Crippen molar-refractivity contribution >= 4 is 17.4 Å². The Bertz CT molecular complexity index is 1430. The maximum Gasteiger partial charge on any atom is 0.270 e. The molecular formula is C24H23N9O. The Morgan fingerprint density at radius 1 is 1.21 bits per heavy atom. The summed E-state index contributed by atoms with van der Waals surface area (Å²) in [5, 5.41) is 20.9. The molecule has 1 amide bonds. The number of rotatable bonds is 5. The van der Waals surface area contributed by atoms with E-state index in [0.717, 1.165) is 35.9 Å². The summed E-state index contributed by atoms with van der Waals surface area (Å²) in [5.41, 5.74) is 10.2. The summed E-state index contributed by atoms with van der Waals surface area (Å²) in [4.78, 5) is 19.9. The lowest BCUT2D eigenvalue weighted by Crippen LogP contribution is -2.31. The van der Waals surface area contributed by atoms with E-state index in [1.54, 1.807) is 33.6 Å². The fourth-order valence-electron chi connectivity index (χ4n) is 4.78. The van der Waals surface area contributed by atoms with Crippen molar-refractivity contribution in [3.05, 3.63) is 65.5 Å². The van der Waals surface area contributed by atoms with E-state index < -0.39 is 0 Å². The highest BCUT2D eigenvalue weighted by molar-refractivity contribution is 5.93. The number of nitriles is 1. The first kappa shape index (κ1) is 20.4. The second-order valence-electron chi connectivity index (χ2n) is 8.94. The van der Waals surface area contributed by atoms with Crippen LogP contribution in [0.25, 0.3) is 17.0 Å². The van der Waals surface area contributed by atoms with Crippen molar-refractivity contribution in [1.82, 2.24) is 29.7 Å². The lowest BCUT2D eigenvalue weighted by atomic mass is 10.1. The smallest absolute Gasteiger partial charge is 0.270 e. The van der Waals surface area contributed by atoms with Crippen molar-refractivity contribution in [3.8, 4) is 17.5 Å². The third kappa shape index (κ3) is 3.38. The quantitative estimate of drug-likeness (QED) is 0.466. The molecule has 34 heavy (non-hydrogen) atoms. The Labute approximate surface area is 195 Å². The first-order chi connectivity index (χ1) is 16.5. The number of piperidine rings is 1. The molecule has 10 nitrogen and oxygen atoms in total. The third-order valence-corrected chi connectivity index (χ3v) is 6.84. The summed E-state index contributed by atoms with van der Waals surface area (Å²) in [6, 6.07) is 15.1. The molecule has 0 bridgehead atoms. The summed E-state index contributed by atoms with van der Waals surface area (Å²) >= 11 is 0. The van der Waals surface area contributed by atoms with Gasteiger partial charge in [-0.3, -0.25) is 9.48 Å². The van der Waals surface area contributed by atoms with Gasteiger partial charge in [-0.1, -0.05) is 12.1 Å². The Morgan fingerprint density at radius 3 is 2.65 bits per heavy atom. The average Bonchev–Trinajstić information content (AvgIpc) is 3.34. The van der Waals surface area contributed by atoms with E-state index in [4.69, 9.17) is 16.1 Å². The number of benzene rings is 1. The molecule has 1 aliphatic carbocycles. The van der Waals surface area contributed by atoms with Crippen LogP contribution in [0.5, 0.6) is 0 Å². The number of carbonyl (C=O) groups excluding carboxylic acids is 1. The van der Waals surface area contributed by atoms with Crippen LogP contribution in [0, 0.1) is 23.2 Å². The summed E-state index contributed by atoms with van der Waals surface area (Å²) in [5.74, 6) is 1.55. The first-order valence-electron chi connectivity index (χ1n) is 11.2. The minimum Gasteiger partial charge on any atom is -0.356 e. The Morgan fingerprint density at radius 2 is 1.97 bits per heavy atom. The van der Waals surface area contributed by atoms with Gasteiger partial charge in [0.15, 0.2) is 5.65 Å². The van der Waals surface area contributed by atoms with Gasteiger partial charge < -0.3 is 16.0 Å². The molecule has 3 atom stereocenters. The van der Waals surface area contributed by atoms with Gasteiger partial charge in [0.25, 0.3) is 5.91 Å². The summed E-state index contributed by atoms with van der Waals surface area (Å²) in [6.45, 7) is 2.03.